The topological polar surface area (TPSA) is 447 Å². The first-order valence-electron chi connectivity index (χ1n) is 45.5. The SMILES string of the molecule is CCCCC(=O)/C(=C/c1ccc([N+](=O)[O-])cc1)NC(=O)/C=C/c1ccc(C)cc1.CCCCC(=O)/C(=C/c1ccc([N+](=O)[O-])cc1)NC(=O)/C=C/c1ccc(C)cc1.CCCCC(=O)/C(=C/c1ccc([N+](=O)[O-])cc1)NC(=O)/C=C/c1ccc(Cl)cc1.CCCCC(=O)/C(=C/c1ccc([N+](=O)[O-])cc1)NC(=O)/C=C/c1ccccc1.CCCCC(=O)/C(=C/c1ccc([N+](=O)[O-])cc1)NC(=O)/C=C/c1cccs1. The number of carbonyl (C=O) groups excluding carboxylic acids is 10. The third kappa shape index (κ3) is 44.5. The van der Waals surface area contributed by atoms with Crippen molar-refractivity contribution in [2.45, 2.75) is 145 Å². The molecule has 5 N–H and O–H groups in total. The number of halogens is 1. The van der Waals surface area contributed by atoms with E-state index in [9.17, 15) is 98.5 Å². The second-order valence-electron chi connectivity index (χ2n) is 31.6. The van der Waals surface area contributed by atoms with Gasteiger partial charge in [0.2, 0.25) is 29.5 Å². The van der Waals surface area contributed by atoms with Crippen LogP contribution in [0, 0.1) is 64.4 Å². The van der Waals surface area contributed by atoms with Crippen molar-refractivity contribution >= 4 is 171 Å². The zero-order valence-electron chi connectivity index (χ0n) is 79.5. The molecule has 0 atom stereocenters. The summed E-state index contributed by atoms with van der Waals surface area (Å²) >= 11 is 7.34. The summed E-state index contributed by atoms with van der Waals surface area (Å²) < 4.78 is 0. The van der Waals surface area contributed by atoms with Crippen molar-refractivity contribution in [3.05, 3.63) is 423 Å². The summed E-state index contributed by atoms with van der Waals surface area (Å²) in [5, 5.41) is 69.5. The van der Waals surface area contributed by atoms with E-state index >= 15 is 0 Å². The predicted molar refractivity (Wildman–Crippen MR) is 558 cm³/mol. The zero-order valence-corrected chi connectivity index (χ0v) is 81.1. The molecule has 30 nitrogen and oxygen atoms in total. The van der Waals surface area contributed by atoms with Crippen molar-refractivity contribution < 1.29 is 72.6 Å². The van der Waals surface area contributed by atoms with Gasteiger partial charge < -0.3 is 26.6 Å². The summed E-state index contributed by atoms with van der Waals surface area (Å²) in [6, 6.07) is 64.5. The lowest BCUT2D eigenvalue weighted by atomic mass is 10.1. The molecule has 0 bridgehead atoms. The highest BCUT2D eigenvalue weighted by molar-refractivity contribution is 7.10. The van der Waals surface area contributed by atoms with Gasteiger partial charge in [0, 0.05) is 133 Å². The van der Waals surface area contributed by atoms with Crippen LogP contribution < -0.4 is 26.6 Å². The molecule has 0 spiro atoms. The number of Topliss-reactive ketones (excluding diaryl/α,β-unsaturated/α-hetero) is 5. The molecule has 9 aromatic carbocycles. The first-order chi connectivity index (χ1) is 68.1. The first kappa shape index (κ1) is 114. The normalized spacial score (nSPS) is 11.5. The minimum atomic E-state index is -0.496. The number of nitrogens with one attached hydrogen (secondary N) is 5. The predicted octanol–water partition coefficient (Wildman–Crippen LogP) is 24.0. The van der Waals surface area contributed by atoms with Gasteiger partial charge in [-0.1, -0.05) is 187 Å². The number of amides is 5. The van der Waals surface area contributed by atoms with Crippen molar-refractivity contribution in [3.8, 4) is 0 Å². The lowest BCUT2D eigenvalue weighted by molar-refractivity contribution is -0.385. The molecule has 734 valence electrons. The molecule has 1 heterocycles. The maximum atomic E-state index is 12.5. The highest BCUT2D eigenvalue weighted by atomic mass is 35.5. The summed E-state index contributed by atoms with van der Waals surface area (Å²) in [7, 11) is 0. The fraction of sp³-hybridized carbons (Fsp3) is 0.200. The average molecular weight is 1960 g/mol. The van der Waals surface area contributed by atoms with E-state index in [4.69, 9.17) is 11.6 Å². The van der Waals surface area contributed by atoms with Crippen LogP contribution in [0.25, 0.3) is 60.8 Å². The monoisotopic (exact) mass is 1960 g/mol. The molecule has 32 heteroatoms. The standard InChI is InChI=1S/2C23H24N2O4.C22H21ClN2O4.C22H22N2O4.C20H20N2O4S/c2*1-3-4-5-22(26)21(16-19-10-13-20(14-11-19)25(28)29)24-23(27)15-12-18-8-6-17(2)7-9-18;1-2-3-4-21(26)20(15-17-7-12-19(13-8-17)25(28)29)24-22(27)14-9-16-5-10-18(23)11-6-16;1-2-3-9-21(25)20(16-18-10-13-19(14-11-18)24(27)28)23-22(26)15-12-17-7-5-4-6-8-17;1-2-3-6-19(23)18(14-15-7-9-16(10-8-15)22(25)26)21-20(24)12-11-17-5-4-13-27-17/h2*6-16H,3-5H2,1-2H3,(H,24,27);5-15H,2-4H2,1H3,(H,24,27);4-8,10-16H,2-3,9H2,1H3,(H,23,26);4-5,7-14H,2-3,6H2,1H3,(H,21,24)/b2*15-12+,21-16-;14-9+,20-15-;15-12+,20-16-;12-11+,18-14-. The van der Waals surface area contributed by atoms with E-state index in [-0.39, 0.29) is 85.8 Å². The molecule has 0 radical (unpaired) electrons. The summed E-state index contributed by atoms with van der Waals surface area (Å²) in [5.74, 6) is -2.99. The highest BCUT2D eigenvalue weighted by Crippen LogP contribution is 2.24. The number of allylic oxidation sites excluding steroid dienone is 5. The second kappa shape index (κ2) is 62.7. The second-order valence-corrected chi connectivity index (χ2v) is 33.0. The first-order valence-corrected chi connectivity index (χ1v) is 46.8. The van der Waals surface area contributed by atoms with Crippen molar-refractivity contribution in [3.63, 3.8) is 0 Å². The fourth-order valence-corrected chi connectivity index (χ4v) is 12.9. The third-order valence-corrected chi connectivity index (χ3v) is 21.2. The van der Waals surface area contributed by atoms with Gasteiger partial charge in [-0.25, -0.2) is 0 Å². The van der Waals surface area contributed by atoms with Crippen LogP contribution in [-0.4, -0.2) is 83.1 Å². The van der Waals surface area contributed by atoms with E-state index in [2.05, 4.69) is 26.6 Å². The van der Waals surface area contributed by atoms with Crippen molar-refractivity contribution in [1.29, 1.82) is 0 Å². The number of ketones is 5. The molecule has 0 saturated heterocycles. The van der Waals surface area contributed by atoms with E-state index < -0.39 is 54.2 Å². The van der Waals surface area contributed by atoms with Crippen LogP contribution in [0.3, 0.4) is 0 Å². The van der Waals surface area contributed by atoms with Gasteiger partial charge in [0.1, 0.15) is 0 Å². The number of hydrogen-bond acceptors (Lipinski definition) is 21. The minimum absolute atomic E-state index is 0.0334. The molecule has 142 heavy (non-hydrogen) atoms. The Balaban J connectivity index is 0.000000272. The van der Waals surface area contributed by atoms with Gasteiger partial charge in [-0.15, -0.1) is 11.3 Å². The average Bonchev–Trinajstić information content (AvgIpc) is 1.32. The van der Waals surface area contributed by atoms with Gasteiger partial charge in [-0.3, -0.25) is 98.5 Å². The Bertz CT molecular complexity index is 5940. The number of rotatable bonds is 45. The van der Waals surface area contributed by atoms with E-state index in [0.29, 0.717) is 90.6 Å². The maximum absolute atomic E-state index is 12.5. The number of non-ortho nitro benzene ring substituents is 5. The van der Waals surface area contributed by atoms with E-state index in [0.717, 1.165) is 76.8 Å². The van der Waals surface area contributed by atoms with Crippen LogP contribution in [0.4, 0.5) is 28.4 Å². The number of nitrogens with zero attached hydrogens (tertiary/aromatic N) is 5. The Morgan fingerprint density at radius 3 is 0.676 bits per heavy atom. The molecule has 0 saturated carbocycles. The molecule has 1 aromatic heterocycles. The van der Waals surface area contributed by atoms with Gasteiger partial charge >= 0.3 is 0 Å². The maximum Gasteiger partial charge on any atom is 0.269 e. The molecule has 0 aliphatic rings. The Morgan fingerprint density at radius 2 is 0.472 bits per heavy atom. The molecule has 10 aromatic rings. The van der Waals surface area contributed by atoms with Gasteiger partial charge in [-0.05, 0) is 241 Å². The van der Waals surface area contributed by atoms with Gasteiger partial charge in [-0.2, -0.15) is 0 Å². The van der Waals surface area contributed by atoms with Crippen LogP contribution >= 0.6 is 22.9 Å². The molecule has 10 rings (SSSR count). The molecular formula is C110H111ClN10O20S. The largest absolute Gasteiger partial charge is 0.319 e. The van der Waals surface area contributed by atoms with Crippen LogP contribution in [0.2, 0.25) is 5.02 Å². The lowest BCUT2D eigenvalue weighted by Crippen LogP contribution is -2.25. The lowest BCUT2D eigenvalue weighted by Gasteiger charge is -2.08. The Kier molecular flexibility index (Phi) is 50.3. The van der Waals surface area contributed by atoms with Gasteiger partial charge in [0.05, 0.1) is 53.1 Å². The smallest absolute Gasteiger partial charge is 0.269 e. The Labute approximate surface area is 832 Å². The van der Waals surface area contributed by atoms with Crippen LogP contribution in [0.1, 0.15) is 197 Å². The van der Waals surface area contributed by atoms with Crippen LogP contribution in [0.5, 0.6) is 0 Å². The Hall–Kier alpha value is -16.9. The number of hydrogen-bond donors (Lipinski definition) is 5. The number of unbranched alkanes of at least 4 members (excludes halogenated alkanes) is 5. The zero-order chi connectivity index (χ0) is 104. The van der Waals surface area contributed by atoms with Crippen LogP contribution in [0.15, 0.2) is 301 Å². The fourth-order valence-electron chi connectivity index (χ4n) is 12.2. The molecule has 0 aliphatic heterocycles. The molecule has 5 amide bonds. The van der Waals surface area contributed by atoms with E-state index in [1.165, 1.54) is 139 Å². The van der Waals surface area contributed by atoms with Crippen molar-refractivity contribution in [2.75, 3.05) is 0 Å². The highest BCUT2D eigenvalue weighted by Gasteiger charge is 2.20. The number of carbonyl (C=O) groups is 10. The summed E-state index contributed by atoms with van der Waals surface area (Å²) in [4.78, 5) is 176. The number of aryl methyl sites for hydroxylation is 2. The van der Waals surface area contributed by atoms with Gasteiger partial charge in [0.25, 0.3) is 28.4 Å². The number of nitro groups is 5. The van der Waals surface area contributed by atoms with Gasteiger partial charge in [0.15, 0.2) is 28.9 Å². The summed E-state index contributed by atoms with van der Waals surface area (Å²) in [6.45, 7) is 13.9. The van der Waals surface area contributed by atoms with Crippen molar-refractivity contribution in [2.24, 2.45) is 0 Å². The van der Waals surface area contributed by atoms with E-state index in [1.54, 1.807) is 109 Å². The Morgan fingerprint density at radius 1 is 0.268 bits per heavy atom. The number of nitro benzene ring substituents is 5. The number of thiophene rings is 1. The van der Waals surface area contributed by atoms with Crippen molar-refractivity contribution in [1.82, 2.24) is 26.6 Å². The van der Waals surface area contributed by atoms with E-state index in [1.807, 2.05) is 145 Å². The quantitative estimate of drug-likeness (QED) is 0.0134. The summed E-state index contributed by atoms with van der Waals surface area (Å²) in [5.41, 5.74) is 9.30. The number of benzene rings is 9. The molecule has 0 aliphatic carbocycles. The minimum Gasteiger partial charge on any atom is -0.319 e. The third-order valence-electron chi connectivity index (χ3n) is 20.1. The molecule has 0 fully saturated rings. The molecule has 0 unspecified atom stereocenters. The molecular weight excluding hydrogens is 1850 g/mol. The summed E-state index contributed by atoms with van der Waals surface area (Å²) in [6.07, 6.45) is 32.3. The van der Waals surface area contributed by atoms with Crippen LogP contribution in [-0.2, 0) is 47.9 Å².